The van der Waals surface area contributed by atoms with Gasteiger partial charge in [0.2, 0.25) is 0 Å². The number of hydrogen-bond donors (Lipinski definition) is 0. The Hall–Kier alpha value is -4.05. The number of ether oxygens (including phenoxy) is 2. The summed E-state index contributed by atoms with van der Waals surface area (Å²) in [5.74, 6) is 1.67. The van der Waals surface area contributed by atoms with Crippen molar-refractivity contribution in [3.05, 3.63) is 59.2 Å². The molecule has 1 amide bonds. The number of carbonyl (C=O) groups excluding carboxylic acids is 2. The van der Waals surface area contributed by atoms with Gasteiger partial charge in [-0.05, 0) is 48.4 Å². The van der Waals surface area contributed by atoms with Crippen LogP contribution in [0.2, 0.25) is 0 Å². The first kappa shape index (κ1) is 19.7. The Morgan fingerprint density at radius 1 is 1.28 bits per heavy atom. The molecule has 146 valence electrons. The molecular formula is C22H17N2O5-. The Morgan fingerprint density at radius 3 is 2.76 bits per heavy atom. The Kier molecular flexibility index (Phi) is 5.65. The molecule has 1 aliphatic heterocycles. The highest BCUT2D eigenvalue weighted by Gasteiger charge is 2.29. The van der Waals surface area contributed by atoms with E-state index in [-0.39, 0.29) is 18.1 Å². The van der Waals surface area contributed by atoms with Crippen molar-refractivity contribution >= 4 is 29.4 Å². The van der Waals surface area contributed by atoms with Crippen LogP contribution in [0.4, 0.5) is 5.69 Å². The summed E-state index contributed by atoms with van der Waals surface area (Å²) in [6.45, 7) is 1.81. The number of carbonyl (C=O) groups is 2. The number of methoxy groups -OCH3 is 1. The van der Waals surface area contributed by atoms with Crippen LogP contribution in [-0.2, 0) is 4.79 Å². The normalized spacial score (nSPS) is 14.5. The third kappa shape index (κ3) is 4.12. The van der Waals surface area contributed by atoms with Gasteiger partial charge >= 0.3 is 0 Å². The summed E-state index contributed by atoms with van der Waals surface area (Å²) in [6.07, 6.45) is 6.89. The second kappa shape index (κ2) is 8.31. The predicted octanol–water partition coefficient (Wildman–Crippen LogP) is 1.88. The standard InChI is InChI=1S/C22H18N2O5/c1-4-10-29-19-9-8-15(12-20(19)28-3)11-18-14(2)23-24(21(18)25)17-7-5-6-16(13-17)22(26)27/h1,5-9,11-13H,10H2,2-3H3,(H,26,27)/p-1/b18-11+. The lowest BCUT2D eigenvalue weighted by molar-refractivity contribution is -0.255. The number of hydrazone groups is 1. The van der Waals surface area contributed by atoms with Crippen molar-refractivity contribution in [1.29, 1.82) is 0 Å². The molecule has 0 atom stereocenters. The SMILES string of the molecule is C#CCOc1ccc(/C=C2/C(=O)N(c3cccc(C(=O)[O-])c3)N=C2C)cc1OC. The monoisotopic (exact) mass is 389 g/mol. The highest BCUT2D eigenvalue weighted by atomic mass is 16.5. The van der Waals surface area contributed by atoms with Crippen LogP contribution in [0.1, 0.15) is 22.8 Å². The summed E-state index contributed by atoms with van der Waals surface area (Å²) in [7, 11) is 1.51. The molecule has 1 aliphatic rings. The quantitative estimate of drug-likeness (QED) is 0.556. The van der Waals surface area contributed by atoms with Crippen LogP contribution >= 0.6 is 0 Å². The smallest absolute Gasteiger partial charge is 0.280 e. The molecule has 0 fully saturated rings. The average Bonchev–Trinajstić information content (AvgIpc) is 3.01. The number of nitrogens with zero attached hydrogens (tertiary/aromatic N) is 2. The van der Waals surface area contributed by atoms with E-state index >= 15 is 0 Å². The minimum Gasteiger partial charge on any atom is -0.545 e. The van der Waals surface area contributed by atoms with Crippen molar-refractivity contribution in [1.82, 2.24) is 0 Å². The van der Waals surface area contributed by atoms with Gasteiger partial charge in [-0.1, -0.05) is 24.1 Å². The summed E-state index contributed by atoms with van der Waals surface area (Å²) < 4.78 is 10.7. The van der Waals surface area contributed by atoms with Gasteiger partial charge in [0, 0.05) is 0 Å². The number of aromatic carboxylic acids is 1. The first-order chi connectivity index (χ1) is 13.9. The maximum Gasteiger partial charge on any atom is 0.280 e. The molecule has 0 saturated heterocycles. The molecule has 7 nitrogen and oxygen atoms in total. The summed E-state index contributed by atoms with van der Waals surface area (Å²) in [6, 6.07) is 11.1. The molecule has 0 aliphatic carbocycles. The van der Waals surface area contributed by atoms with Crippen LogP contribution in [0.5, 0.6) is 11.5 Å². The second-order valence-corrected chi connectivity index (χ2v) is 6.10. The second-order valence-electron chi connectivity index (χ2n) is 6.10. The number of rotatable bonds is 6. The summed E-state index contributed by atoms with van der Waals surface area (Å²) in [5.41, 5.74) is 1.89. The molecule has 1 heterocycles. The van der Waals surface area contributed by atoms with Crippen molar-refractivity contribution in [2.45, 2.75) is 6.92 Å². The molecule has 0 bridgehead atoms. The Balaban J connectivity index is 1.91. The number of benzene rings is 2. The summed E-state index contributed by atoms with van der Waals surface area (Å²) in [4.78, 5) is 23.9. The molecule has 0 spiro atoms. The molecule has 7 heteroatoms. The zero-order valence-corrected chi connectivity index (χ0v) is 15.8. The van der Waals surface area contributed by atoms with E-state index in [0.717, 1.165) is 5.01 Å². The van der Waals surface area contributed by atoms with E-state index in [4.69, 9.17) is 15.9 Å². The molecule has 0 unspecified atom stereocenters. The van der Waals surface area contributed by atoms with Gasteiger partial charge in [0.25, 0.3) is 5.91 Å². The average molecular weight is 389 g/mol. The van der Waals surface area contributed by atoms with Crippen LogP contribution in [0, 0.1) is 12.3 Å². The topological polar surface area (TPSA) is 91.3 Å². The predicted molar refractivity (Wildman–Crippen MR) is 107 cm³/mol. The van der Waals surface area contributed by atoms with Gasteiger partial charge < -0.3 is 19.4 Å². The number of terminal acetylenes is 1. The fourth-order valence-electron chi connectivity index (χ4n) is 2.80. The minimum absolute atomic E-state index is 0.0344. The molecular weight excluding hydrogens is 372 g/mol. The Bertz CT molecular complexity index is 1080. The Morgan fingerprint density at radius 2 is 2.07 bits per heavy atom. The van der Waals surface area contributed by atoms with Gasteiger partial charge in [0.05, 0.1) is 30.1 Å². The molecule has 0 saturated carbocycles. The zero-order chi connectivity index (χ0) is 21.0. The van der Waals surface area contributed by atoms with E-state index in [1.54, 1.807) is 37.3 Å². The Labute approximate surface area is 167 Å². The number of hydrogen-bond acceptors (Lipinski definition) is 6. The maximum atomic E-state index is 12.9. The third-order valence-electron chi connectivity index (χ3n) is 4.20. The zero-order valence-electron chi connectivity index (χ0n) is 15.8. The fraction of sp³-hybridized carbons (Fsp3) is 0.136. The fourth-order valence-corrected chi connectivity index (χ4v) is 2.80. The number of carboxylic acid groups (broad SMARTS) is 1. The van der Waals surface area contributed by atoms with Crippen LogP contribution in [0.15, 0.2) is 53.1 Å². The molecule has 0 aromatic heterocycles. The van der Waals surface area contributed by atoms with E-state index in [9.17, 15) is 14.7 Å². The van der Waals surface area contributed by atoms with Crippen molar-refractivity contribution in [2.75, 3.05) is 18.7 Å². The van der Waals surface area contributed by atoms with Gasteiger partial charge in [0.15, 0.2) is 11.5 Å². The molecule has 0 N–H and O–H groups in total. The lowest BCUT2D eigenvalue weighted by Gasteiger charge is -2.13. The van der Waals surface area contributed by atoms with E-state index in [1.807, 2.05) is 0 Å². The highest BCUT2D eigenvalue weighted by molar-refractivity contribution is 6.32. The van der Waals surface area contributed by atoms with Crippen molar-refractivity contribution in [2.24, 2.45) is 5.10 Å². The van der Waals surface area contributed by atoms with Crippen LogP contribution in [-0.4, -0.2) is 31.3 Å². The van der Waals surface area contributed by atoms with Crippen LogP contribution in [0.3, 0.4) is 0 Å². The van der Waals surface area contributed by atoms with Crippen molar-refractivity contribution < 1.29 is 24.2 Å². The molecule has 3 rings (SSSR count). The van der Waals surface area contributed by atoms with E-state index in [1.165, 1.54) is 25.3 Å². The lowest BCUT2D eigenvalue weighted by Crippen LogP contribution is -2.24. The third-order valence-corrected chi connectivity index (χ3v) is 4.20. The molecule has 29 heavy (non-hydrogen) atoms. The molecule has 2 aromatic rings. The van der Waals surface area contributed by atoms with Crippen molar-refractivity contribution in [3.63, 3.8) is 0 Å². The van der Waals surface area contributed by atoms with Gasteiger partial charge in [0.1, 0.15) is 6.61 Å². The largest absolute Gasteiger partial charge is 0.545 e. The van der Waals surface area contributed by atoms with Gasteiger partial charge in [-0.3, -0.25) is 4.79 Å². The first-order valence-corrected chi connectivity index (χ1v) is 8.62. The van der Waals surface area contributed by atoms with E-state index in [2.05, 4.69) is 11.0 Å². The van der Waals surface area contributed by atoms with Crippen LogP contribution < -0.4 is 19.6 Å². The first-order valence-electron chi connectivity index (χ1n) is 8.62. The van der Waals surface area contributed by atoms with Crippen molar-refractivity contribution in [3.8, 4) is 23.8 Å². The number of amides is 1. The maximum absolute atomic E-state index is 12.9. The van der Waals surface area contributed by atoms with Gasteiger partial charge in [-0.2, -0.15) is 10.1 Å². The summed E-state index contributed by atoms with van der Waals surface area (Å²) in [5, 5.41) is 16.5. The minimum atomic E-state index is -1.32. The van der Waals surface area contributed by atoms with Gasteiger partial charge in [-0.25, -0.2) is 0 Å². The van der Waals surface area contributed by atoms with E-state index < -0.39 is 5.97 Å². The number of anilines is 1. The summed E-state index contributed by atoms with van der Waals surface area (Å²) >= 11 is 0. The number of carboxylic acids is 1. The van der Waals surface area contributed by atoms with E-state index in [0.29, 0.717) is 34.0 Å². The van der Waals surface area contributed by atoms with Crippen LogP contribution in [0.25, 0.3) is 6.08 Å². The molecule has 0 radical (unpaired) electrons. The molecule has 2 aromatic carbocycles. The lowest BCUT2D eigenvalue weighted by atomic mass is 10.1. The van der Waals surface area contributed by atoms with Gasteiger partial charge in [-0.15, -0.1) is 6.42 Å². The highest BCUT2D eigenvalue weighted by Crippen LogP contribution is 2.30.